The van der Waals surface area contributed by atoms with Gasteiger partial charge in [0.05, 0.1) is 0 Å². The fraction of sp³-hybridized carbons (Fsp3) is 0.267. The van der Waals surface area contributed by atoms with Crippen LogP contribution in [0, 0.1) is 124 Å². The highest BCUT2D eigenvalue weighted by Gasteiger charge is 2.19. The Morgan fingerprint density at radius 1 is 0.198 bits per heavy atom. The summed E-state index contributed by atoms with van der Waals surface area (Å²) in [6.07, 6.45) is 12.3. The maximum Gasteiger partial charge on any atom is 0.212 e. The molecular formula is C90H108N6+6. The van der Waals surface area contributed by atoms with E-state index in [1.54, 1.807) is 12.1 Å². The molecule has 6 aromatic carbocycles. The summed E-state index contributed by atoms with van der Waals surface area (Å²) >= 11 is 0. The van der Waals surface area contributed by atoms with Crippen LogP contribution in [0.25, 0.3) is 67.5 Å². The lowest BCUT2D eigenvalue weighted by Gasteiger charge is -2.09. The van der Waals surface area contributed by atoms with Crippen molar-refractivity contribution < 1.29 is 35.6 Å². The van der Waals surface area contributed by atoms with Gasteiger partial charge in [-0.2, -0.15) is 0 Å². The zero-order valence-electron chi connectivity index (χ0n) is 67.5. The Morgan fingerprint density at radius 2 is 0.469 bits per heavy atom. The molecule has 6 heteroatoms. The predicted molar refractivity (Wildman–Crippen MR) is 404 cm³/mol. The zero-order valence-corrected chi connectivity index (χ0v) is 61.5. The molecular weight excluding hydrogens is 1170 g/mol. The van der Waals surface area contributed by atoms with Crippen LogP contribution < -0.4 is 27.4 Å². The van der Waals surface area contributed by atoms with Gasteiger partial charge in [0.15, 0.2) is 37.2 Å². The highest BCUT2D eigenvalue weighted by Crippen LogP contribution is 2.30. The van der Waals surface area contributed by atoms with Gasteiger partial charge in [-0.25, -0.2) is 27.4 Å². The molecule has 96 heavy (non-hydrogen) atoms. The predicted octanol–water partition coefficient (Wildman–Crippen LogP) is 18.6. The van der Waals surface area contributed by atoms with E-state index in [0.29, 0.717) is 11.1 Å². The van der Waals surface area contributed by atoms with E-state index in [1.807, 2.05) is 112 Å². The maximum atomic E-state index is 7.56. The van der Waals surface area contributed by atoms with Gasteiger partial charge in [0.2, 0.25) is 34.2 Å². The van der Waals surface area contributed by atoms with Crippen LogP contribution in [0.5, 0.6) is 0 Å². The molecule has 6 aromatic heterocycles. The largest absolute Gasteiger partial charge is 0.212 e. The van der Waals surface area contributed by atoms with Crippen molar-refractivity contribution in [1.82, 2.24) is 0 Å². The molecule has 12 rings (SSSR count). The first-order valence-electron chi connectivity index (χ1n) is 36.2. The minimum Gasteiger partial charge on any atom is -0.201 e. The summed E-state index contributed by atoms with van der Waals surface area (Å²) in [5, 5.41) is 0. The molecule has 6 heterocycles. The van der Waals surface area contributed by atoms with Gasteiger partial charge in [0.25, 0.3) is 0 Å². The van der Waals surface area contributed by atoms with Crippen LogP contribution in [0.15, 0.2) is 219 Å². The van der Waals surface area contributed by atoms with Crippen molar-refractivity contribution in [2.24, 2.45) is 42.3 Å². The number of pyridine rings is 6. The molecule has 0 saturated carbocycles. The molecule has 0 aliphatic rings. The van der Waals surface area contributed by atoms with E-state index in [1.165, 1.54) is 112 Å². The zero-order chi connectivity index (χ0) is 75.2. The summed E-state index contributed by atoms with van der Waals surface area (Å²) in [6.45, 7) is 29.7. The average molecular weight is 1280 g/mol. The minimum atomic E-state index is -2.05. The molecule has 12 aromatic rings. The molecule has 0 saturated heterocycles. The molecule has 0 aliphatic carbocycles. The van der Waals surface area contributed by atoms with Crippen LogP contribution >= 0.6 is 0 Å². The number of hydrogen-bond acceptors (Lipinski definition) is 0. The van der Waals surface area contributed by atoms with E-state index < -0.39 is 13.7 Å². The third kappa shape index (κ3) is 18.4. The van der Waals surface area contributed by atoms with Crippen LogP contribution in [0.1, 0.15) is 108 Å². The van der Waals surface area contributed by atoms with Gasteiger partial charge in [0.1, 0.15) is 42.3 Å². The quantitative estimate of drug-likeness (QED) is 0.148. The molecule has 0 spiro atoms. The molecule has 492 valence electrons. The first-order valence-corrected chi connectivity index (χ1v) is 33.2. The maximum absolute atomic E-state index is 7.56. The summed E-state index contributed by atoms with van der Waals surface area (Å²) in [5.41, 5.74) is 35.5. The Kier molecular flexibility index (Phi) is 22.7. The van der Waals surface area contributed by atoms with Crippen LogP contribution in [0.3, 0.4) is 0 Å². The molecule has 0 unspecified atom stereocenters. The molecule has 0 atom stereocenters. The van der Waals surface area contributed by atoms with E-state index >= 15 is 0 Å². The van der Waals surface area contributed by atoms with Crippen molar-refractivity contribution in [2.75, 3.05) is 0 Å². The van der Waals surface area contributed by atoms with Crippen molar-refractivity contribution in [3.8, 4) is 67.5 Å². The topological polar surface area (TPSA) is 23.3 Å². The number of aryl methyl sites for hydroxylation is 18. The van der Waals surface area contributed by atoms with E-state index in [-0.39, 0.29) is 0 Å². The van der Waals surface area contributed by atoms with Crippen molar-refractivity contribution in [2.45, 2.75) is 124 Å². The lowest BCUT2D eigenvalue weighted by atomic mass is 9.96. The molecule has 0 N–H and O–H groups in total. The molecule has 0 bridgehead atoms. The Labute approximate surface area is 586 Å². The van der Waals surface area contributed by atoms with E-state index in [4.69, 9.17) is 8.22 Å². The first-order chi connectivity index (χ1) is 48.0. The second-order valence-corrected chi connectivity index (χ2v) is 26.0. The van der Waals surface area contributed by atoms with E-state index in [2.05, 4.69) is 276 Å². The highest BCUT2D eigenvalue weighted by atomic mass is 14.9. The first kappa shape index (κ1) is 64.9. The Balaban J connectivity index is 0.000000172. The molecule has 0 aliphatic heterocycles. The fourth-order valence-corrected chi connectivity index (χ4v) is 12.1. The van der Waals surface area contributed by atoms with Gasteiger partial charge in [-0.3, -0.25) is 0 Å². The second-order valence-electron chi connectivity index (χ2n) is 26.0. The number of nitrogens with zero attached hydrogens (tertiary/aromatic N) is 6. The Morgan fingerprint density at radius 3 is 0.792 bits per heavy atom. The van der Waals surface area contributed by atoms with Gasteiger partial charge in [-0.15, -0.1) is 0 Å². The summed E-state index contributed by atoms with van der Waals surface area (Å²) in [6, 6.07) is 62.6. The summed E-state index contributed by atoms with van der Waals surface area (Å²) in [5.74, 6) is 0. The smallest absolute Gasteiger partial charge is 0.201 e. The van der Waals surface area contributed by atoms with Crippen molar-refractivity contribution in [1.29, 1.82) is 0 Å². The SMILES string of the molecule is Cc1cc(C)c(-c2cccc[n+]2C)cc1C.Cc1cc(C)c(C)c(-c2cccc[n+]2C)c1.Cc1cc(C)c(C)c(-c2cccc[n+]2C)c1.Cc1ccc(-c2cccc[n+]2C)c(C)c1C.[2H]C([2H])([2H])c1cc(C)c(-c2cccc[n+]2C)cc1C.[2H]C([2H])([2H])c1ccc(-c2cccc[n+]2C)c(C)c1C. The van der Waals surface area contributed by atoms with Crippen molar-refractivity contribution in [3.05, 3.63) is 319 Å². The standard InChI is InChI=1S/6C15H18N/c2*1-11-8-9-14(13(3)12(11)2)15-7-5-6-10-16(15)4;2*1-11-9-13(3)14(10-12(11)2)15-7-5-6-8-16(15)4;2*1-11-9-12(2)13(3)14(10-11)15-7-5-6-8-16(15)4/h6*5-10H,1-4H3/q6*+1/i1D3;;1D3;;;. The monoisotopic (exact) mass is 1280 g/mol. The van der Waals surface area contributed by atoms with Crippen LogP contribution in [-0.2, 0) is 42.3 Å². The Hall–Kier alpha value is -9.78. The lowest BCUT2D eigenvalue weighted by molar-refractivity contribution is -0.660. The summed E-state index contributed by atoms with van der Waals surface area (Å²) in [7, 11) is 12.3. The summed E-state index contributed by atoms with van der Waals surface area (Å²) < 4.78 is 58.1. The normalized spacial score (nSPS) is 11.7. The lowest BCUT2D eigenvalue weighted by Crippen LogP contribution is -2.30. The van der Waals surface area contributed by atoms with Gasteiger partial charge in [0, 0.05) is 114 Å². The average Bonchev–Trinajstić information content (AvgIpc) is 0.813. The number of aromatic nitrogens is 6. The van der Waals surface area contributed by atoms with Crippen LogP contribution in [0.4, 0.5) is 0 Å². The molecule has 0 radical (unpaired) electrons. The molecule has 6 nitrogen and oxygen atoms in total. The third-order valence-electron chi connectivity index (χ3n) is 18.9. The summed E-state index contributed by atoms with van der Waals surface area (Å²) in [4.78, 5) is 0. The van der Waals surface area contributed by atoms with Gasteiger partial charge < -0.3 is 0 Å². The molecule has 0 amide bonds. The minimum absolute atomic E-state index is 0.437. The van der Waals surface area contributed by atoms with Gasteiger partial charge >= 0.3 is 0 Å². The van der Waals surface area contributed by atoms with Crippen molar-refractivity contribution in [3.63, 3.8) is 0 Å². The fourth-order valence-electron chi connectivity index (χ4n) is 12.1. The second kappa shape index (κ2) is 33.6. The highest BCUT2D eigenvalue weighted by molar-refractivity contribution is 5.68. The van der Waals surface area contributed by atoms with E-state index in [0.717, 1.165) is 44.8 Å². The Bertz CT molecular complexity index is 4750. The number of benzene rings is 6. The van der Waals surface area contributed by atoms with Crippen LogP contribution in [-0.4, -0.2) is 0 Å². The number of hydrogen-bond donors (Lipinski definition) is 0. The van der Waals surface area contributed by atoms with Crippen LogP contribution in [0.2, 0.25) is 0 Å². The van der Waals surface area contributed by atoms with E-state index in [9.17, 15) is 0 Å². The van der Waals surface area contributed by atoms with Gasteiger partial charge in [-0.1, -0.05) is 47.5 Å². The van der Waals surface area contributed by atoms with Gasteiger partial charge in [-0.05, 0) is 286 Å². The van der Waals surface area contributed by atoms with Crippen molar-refractivity contribution >= 4 is 0 Å². The third-order valence-corrected chi connectivity index (χ3v) is 18.9. The number of rotatable bonds is 6. The molecule has 0 fully saturated rings.